The molecule has 262 valence electrons. The van der Waals surface area contributed by atoms with Crippen LogP contribution in [0, 0.1) is 0 Å². The van der Waals surface area contributed by atoms with Crippen LogP contribution in [0.15, 0.2) is 191 Å². The summed E-state index contributed by atoms with van der Waals surface area (Å²) in [6.45, 7) is 0. The zero-order valence-corrected chi connectivity index (χ0v) is 29.9. The number of rotatable bonds is 6. The molecule has 0 unspecified atom stereocenters. The van der Waals surface area contributed by atoms with E-state index in [1.165, 1.54) is 0 Å². The van der Waals surface area contributed by atoms with Gasteiger partial charge in [0.15, 0.2) is 11.2 Å². The Balaban J connectivity index is 1.10. The van der Waals surface area contributed by atoms with Crippen LogP contribution in [0.25, 0.3) is 112 Å². The normalized spacial score (nSPS) is 11.6. The number of pyridine rings is 2. The van der Waals surface area contributed by atoms with E-state index in [2.05, 4.69) is 97.1 Å². The van der Waals surface area contributed by atoms with Gasteiger partial charge in [0, 0.05) is 33.0 Å². The maximum Gasteiger partial charge on any atom is 0.227 e. The lowest BCUT2D eigenvalue weighted by Gasteiger charge is -2.15. The van der Waals surface area contributed by atoms with Crippen molar-refractivity contribution >= 4 is 44.0 Å². The van der Waals surface area contributed by atoms with E-state index in [4.69, 9.17) is 28.8 Å². The number of hydrogen-bond donors (Lipinski definition) is 0. The lowest BCUT2D eigenvalue weighted by molar-refractivity contribution is 0.619. The van der Waals surface area contributed by atoms with Gasteiger partial charge in [-0.3, -0.25) is 0 Å². The van der Waals surface area contributed by atoms with Crippen molar-refractivity contribution in [3.05, 3.63) is 182 Å². The molecule has 0 amide bonds. The molecule has 11 rings (SSSR count). The van der Waals surface area contributed by atoms with Gasteiger partial charge in [0.25, 0.3) is 0 Å². The lowest BCUT2D eigenvalue weighted by atomic mass is 9.93. The molecule has 0 N–H and O–H groups in total. The first-order chi connectivity index (χ1) is 27.7. The Bertz CT molecular complexity index is 2940. The second-order valence-electron chi connectivity index (χ2n) is 13.8. The number of nitrogens with zero attached hydrogens (tertiary/aromatic N) is 4. The Morgan fingerprint density at radius 2 is 0.679 bits per heavy atom. The average molecular weight is 719 g/mol. The van der Waals surface area contributed by atoms with Crippen molar-refractivity contribution in [3.8, 4) is 67.7 Å². The fourth-order valence-electron chi connectivity index (χ4n) is 7.54. The molecule has 0 fully saturated rings. The van der Waals surface area contributed by atoms with Gasteiger partial charge in [-0.05, 0) is 82.9 Å². The predicted octanol–water partition coefficient (Wildman–Crippen LogP) is 13.1. The summed E-state index contributed by atoms with van der Waals surface area (Å²) in [5, 5.41) is 2.07. The number of benzene rings is 7. The fourth-order valence-corrected chi connectivity index (χ4v) is 7.54. The van der Waals surface area contributed by atoms with Crippen LogP contribution in [0.2, 0.25) is 0 Å². The second-order valence-corrected chi connectivity index (χ2v) is 13.8. The van der Waals surface area contributed by atoms with E-state index in [-0.39, 0.29) is 0 Å². The minimum Gasteiger partial charge on any atom is -0.436 e. The van der Waals surface area contributed by atoms with Crippen LogP contribution in [0.1, 0.15) is 0 Å². The van der Waals surface area contributed by atoms with Gasteiger partial charge >= 0.3 is 0 Å². The van der Waals surface area contributed by atoms with Crippen molar-refractivity contribution in [1.82, 2.24) is 19.9 Å². The summed E-state index contributed by atoms with van der Waals surface area (Å²) in [6.07, 6.45) is 0. The molecule has 11 aromatic rings. The monoisotopic (exact) mass is 718 g/mol. The summed E-state index contributed by atoms with van der Waals surface area (Å²) in [4.78, 5) is 20.3. The largest absolute Gasteiger partial charge is 0.436 e. The van der Waals surface area contributed by atoms with E-state index >= 15 is 0 Å². The molecule has 4 aromatic heterocycles. The van der Waals surface area contributed by atoms with E-state index in [9.17, 15) is 0 Å². The Kier molecular flexibility index (Phi) is 7.38. The van der Waals surface area contributed by atoms with Gasteiger partial charge in [-0.15, -0.1) is 0 Å². The summed E-state index contributed by atoms with van der Waals surface area (Å²) in [5.41, 5.74) is 14.7. The molecule has 6 nitrogen and oxygen atoms in total. The van der Waals surface area contributed by atoms with Crippen LogP contribution in [-0.2, 0) is 0 Å². The van der Waals surface area contributed by atoms with Crippen molar-refractivity contribution in [2.24, 2.45) is 0 Å². The lowest BCUT2D eigenvalue weighted by Crippen LogP contribution is -1.95. The Morgan fingerprint density at radius 1 is 0.304 bits per heavy atom. The second kappa shape index (κ2) is 13.0. The van der Waals surface area contributed by atoms with Gasteiger partial charge in [-0.2, -0.15) is 0 Å². The van der Waals surface area contributed by atoms with Crippen molar-refractivity contribution in [3.63, 3.8) is 0 Å². The van der Waals surface area contributed by atoms with Crippen LogP contribution in [0.5, 0.6) is 0 Å². The Hall–Kier alpha value is -7.70. The van der Waals surface area contributed by atoms with E-state index in [0.717, 1.165) is 99.9 Å². The number of fused-ring (bicyclic) bond motifs is 5. The highest BCUT2D eigenvalue weighted by atomic mass is 16.4. The highest BCUT2D eigenvalue weighted by Crippen LogP contribution is 2.40. The Labute approximate surface area is 321 Å². The summed E-state index contributed by atoms with van der Waals surface area (Å²) in [7, 11) is 0. The molecule has 0 saturated heterocycles. The summed E-state index contributed by atoms with van der Waals surface area (Å²) in [6, 6.07) is 61.9. The molecule has 56 heavy (non-hydrogen) atoms. The Morgan fingerprint density at radius 3 is 1.09 bits per heavy atom. The van der Waals surface area contributed by atoms with Crippen molar-refractivity contribution in [1.29, 1.82) is 0 Å². The standard InChI is InChI=1S/C50H30N4O2/c1-3-11-31(12-4-1)39-29-43(33-19-23-35(24-20-33)49-53-41-15-7-9-17-45(41)55-49)51-47-37(39)27-28-38-40(32-13-5-2-6-14-32)30-44(52-48(38)47)34-21-25-36(26-22-34)50-54-42-16-8-10-18-46(42)56-50/h1-30H. The van der Waals surface area contributed by atoms with Gasteiger partial charge < -0.3 is 8.83 Å². The quantitative estimate of drug-likeness (QED) is 0.159. The third-order valence-corrected chi connectivity index (χ3v) is 10.4. The first kappa shape index (κ1) is 31.8. The molecule has 0 atom stereocenters. The molecule has 0 aliphatic rings. The van der Waals surface area contributed by atoms with Crippen LogP contribution in [0.3, 0.4) is 0 Å². The average Bonchev–Trinajstić information content (AvgIpc) is 3.92. The zero-order valence-electron chi connectivity index (χ0n) is 29.9. The minimum absolute atomic E-state index is 0.590. The SMILES string of the molecule is c1ccc(-c2cc(-c3ccc(-c4nc5ccccc5o4)cc3)nc3c2ccc2c(-c4ccccc4)cc(-c4ccc(-c5nc6ccccc6o5)cc4)nc23)cc1. The fraction of sp³-hybridized carbons (Fsp3) is 0. The third kappa shape index (κ3) is 5.51. The summed E-state index contributed by atoms with van der Waals surface area (Å²) >= 11 is 0. The summed E-state index contributed by atoms with van der Waals surface area (Å²) < 4.78 is 12.2. The van der Waals surface area contributed by atoms with E-state index in [1.54, 1.807) is 0 Å². The van der Waals surface area contributed by atoms with Crippen LogP contribution in [-0.4, -0.2) is 19.9 Å². The predicted molar refractivity (Wildman–Crippen MR) is 225 cm³/mol. The molecule has 4 heterocycles. The van der Waals surface area contributed by atoms with Crippen molar-refractivity contribution in [2.75, 3.05) is 0 Å². The minimum atomic E-state index is 0.590. The smallest absolute Gasteiger partial charge is 0.227 e. The molecular formula is C50H30N4O2. The third-order valence-electron chi connectivity index (χ3n) is 10.4. The molecule has 0 bridgehead atoms. The highest BCUT2D eigenvalue weighted by molar-refractivity contribution is 6.13. The van der Waals surface area contributed by atoms with Gasteiger partial charge in [0.1, 0.15) is 11.0 Å². The van der Waals surface area contributed by atoms with E-state index < -0.39 is 0 Å². The zero-order chi connectivity index (χ0) is 37.0. The van der Waals surface area contributed by atoms with Gasteiger partial charge in [0.2, 0.25) is 11.8 Å². The number of aromatic nitrogens is 4. The maximum atomic E-state index is 6.08. The molecule has 0 aliphatic carbocycles. The molecule has 7 aromatic carbocycles. The van der Waals surface area contributed by atoms with Gasteiger partial charge in [0.05, 0.1) is 22.4 Å². The van der Waals surface area contributed by atoms with Gasteiger partial charge in [-0.1, -0.05) is 121 Å². The molecule has 0 radical (unpaired) electrons. The number of hydrogen-bond acceptors (Lipinski definition) is 6. The van der Waals surface area contributed by atoms with Crippen LogP contribution < -0.4 is 0 Å². The first-order valence-electron chi connectivity index (χ1n) is 18.5. The van der Waals surface area contributed by atoms with Crippen LogP contribution >= 0.6 is 0 Å². The van der Waals surface area contributed by atoms with E-state index in [0.29, 0.717) is 11.8 Å². The van der Waals surface area contributed by atoms with E-state index in [1.807, 2.05) is 84.9 Å². The molecule has 0 aliphatic heterocycles. The highest BCUT2D eigenvalue weighted by Gasteiger charge is 2.18. The number of oxazole rings is 2. The van der Waals surface area contributed by atoms with Crippen LogP contribution in [0.4, 0.5) is 0 Å². The van der Waals surface area contributed by atoms with Crippen molar-refractivity contribution < 1.29 is 8.83 Å². The number of para-hydroxylation sites is 4. The first-order valence-corrected chi connectivity index (χ1v) is 18.5. The van der Waals surface area contributed by atoms with Crippen molar-refractivity contribution in [2.45, 2.75) is 0 Å². The summed E-state index contributed by atoms with van der Waals surface area (Å²) in [5.74, 6) is 1.18. The van der Waals surface area contributed by atoms with Gasteiger partial charge in [-0.25, -0.2) is 19.9 Å². The molecular weight excluding hydrogens is 689 g/mol. The maximum absolute atomic E-state index is 6.08. The molecule has 0 saturated carbocycles. The molecule has 0 spiro atoms. The molecule has 6 heteroatoms. The topological polar surface area (TPSA) is 77.8 Å².